The lowest BCUT2D eigenvalue weighted by Crippen LogP contribution is -2.04. The summed E-state index contributed by atoms with van der Waals surface area (Å²) < 4.78 is 4.85. The first-order valence-corrected chi connectivity index (χ1v) is 15.7. The monoisotopic (exact) mass is 577 g/mol. The average Bonchev–Trinajstić information content (AvgIpc) is 3.34. The lowest BCUT2D eigenvalue weighted by atomic mass is 10.00. The van der Waals surface area contributed by atoms with Gasteiger partial charge in [0.05, 0.1) is 22.4 Å². The van der Waals surface area contributed by atoms with Gasteiger partial charge in [0, 0.05) is 42.1 Å². The van der Waals surface area contributed by atoms with Gasteiger partial charge in [-0.05, 0) is 51.9 Å². The van der Waals surface area contributed by atoms with E-state index >= 15 is 0 Å². The Morgan fingerprint density at radius 3 is 1.77 bits per heavy atom. The van der Waals surface area contributed by atoms with Crippen molar-refractivity contribution in [3.63, 3.8) is 0 Å². The second-order valence-corrected chi connectivity index (χ2v) is 12.5. The largest absolute Gasteiger partial charge is 0.278 e. The van der Waals surface area contributed by atoms with Crippen LogP contribution in [0.25, 0.3) is 92.0 Å². The molecule has 0 saturated carbocycles. The second kappa shape index (κ2) is 8.96. The van der Waals surface area contributed by atoms with Gasteiger partial charge < -0.3 is 0 Å². The van der Waals surface area contributed by atoms with Crippen LogP contribution < -0.4 is 0 Å². The molecule has 0 N–H and O–H groups in total. The Hall–Kier alpha value is -5.58. The lowest BCUT2D eigenvalue weighted by molar-refractivity contribution is 0.997. The van der Waals surface area contributed by atoms with Crippen LogP contribution >= 0.6 is 11.3 Å². The molecule has 0 bridgehead atoms. The maximum Gasteiger partial charge on any atom is 0.235 e. The summed E-state index contributed by atoms with van der Waals surface area (Å²) in [5.41, 5.74) is 6.22. The molecule has 0 atom stereocenters. The molecule has 0 spiro atoms. The molecule has 3 aromatic heterocycles. The van der Waals surface area contributed by atoms with Crippen LogP contribution in [0.2, 0.25) is 0 Å². The van der Waals surface area contributed by atoms with Crippen molar-refractivity contribution in [3.05, 3.63) is 140 Å². The Kier molecular flexibility index (Phi) is 4.87. The van der Waals surface area contributed by atoms with Crippen molar-refractivity contribution in [2.75, 3.05) is 0 Å². The fraction of sp³-hybridized carbons (Fsp3) is 0. The lowest BCUT2D eigenvalue weighted by Gasteiger charge is -2.13. The number of aromatic nitrogens is 3. The number of nitrogens with zero attached hydrogens (tertiary/aromatic N) is 3. The predicted octanol–water partition coefficient (Wildman–Crippen LogP) is 11.0. The molecule has 0 saturated heterocycles. The highest BCUT2D eigenvalue weighted by Gasteiger charge is 2.22. The van der Waals surface area contributed by atoms with Crippen molar-refractivity contribution in [2.45, 2.75) is 0 Å². The van der Waals surface area contributed by atoms with Crippen LogP contribution in [0.15, 0.2) is 140 Å². The minimum absolute atomic E-state index is 0.677. The van der Waals surface area contributed by atoms with Crippen LogP contribution in [0.1, 0.15) is 0 Å². The van der Waals surface area contributed by atoms with Gasteiger partial charge in [0.15, 0.2) is 0 Å². The number of benzene rings is 7. The van der Waals surface area contributed by atoms with Crippen molar-refractivity contribution in [1.29, 1.82) is 0 Å². The van der Waals surface area contributed by atoms with Gasteiger partial charge in [-0.1, -0.05) is 109 Å². The normalized spacial score (nSPS) is 12.1. The van der Waals surface area contributed by atoms with Crippen LogP contribution in [0, 0.1) is 0 Å². The fourth-order valence-electron chi connectivity index (χ4n) is 7.06. The van der Waals surface area contributed by atoms with Crippen molar-refractivity contribution in [1.82, 2.24) is 14.5 Å². The standard InChI is InChI=1S/C40H23N3S/c1-2-10-25(11-3-1)30-23-31(29-16-6-12-24-9-4-5-15-28(24)29)42-40(41-30)43-32-21-19-26-13-7-17-34-36(26)38(32)39-33(43)22-20-27-14-8-18-35(44-34)37(27)39/h1-23H. The minimum atomic E-state index is 0.677. The molecule has 0 aliphatic heterocycles. The summed E-state index contributed by atoms with van der Waals surface area (Å²) in [4.78, 5) is 10.7. The molecule has 44 heavy (non-hydrogen) atoms. The van der Waals surface area contributed by atoms with E-state index < -0.39 is 0 Å². The fourth-order valence-corrected chi connectivity index (χ4v) is 8.23. The van der Waals surface area contributed by atoms with Crippen LogP contribution in [0.5, 0.6) is 0 Å². The third-order valence-corrected chi connectivity index (χ3v) is 10.1. The van der Waals surface area contributed by atoms with E-state index in [1.165, 1.54) is 52.5 Å². The summed E-state index contributed by atoms with van der Waals surface area (Å²) in [7, 11) is 0. The van der Waals surface area contributed by atoms with Gasteiger partial charge in [-0.2, -0.15) is 0 Å². The first-order valence-electron chi connectivity index (χ1n) is 14.8. The van der Waals surface area contributed by atoms with Crippen molar-refractivity contribution >= 4 is 74.9 Å². The molecule has 204 valence electrons. The van der Waals surface area contributed by atoms with E-state index in [4.69, 9.17) is 9.97 Å². The third-order valence-electron chi connectivity index (χ3n) is 8.97. The zero-order valence-corrected chi connectivity index (χ0v) is 24.3. The summed E-state index contributed by atoms with van der Waals surface area (Å²) >= 11 is 1.87. The molecule has 3 nitrogen and oxygen atoms in total. The summed E-state index contributed by atoms with van der Waals surface area (Å²) in [6, 6.07) is 49.8. The summed E-state index contributed by atoms with van der Waals surface area (Å²) in [5, 5.41) is 10.0. The highest BCUT2D eigenvalue weighted by molar-refractivity contribution is 7.24. The summed E-state index contributed by atoms with van der Waals surface area (Å²) in [6.07, 6.45) is 0. The average molecular weight is 578 g/mol. The first-order chi connectivity index (χ1) is 21.8. The molecule has 7 aromatic carbocycles. The van der Waals surface area contributed by atoms with Gasteiger partial charge in [-0.25, -0.2) is 9.97 Å². The van der Waals surface area contributed by atoms with E-state index in [0.717, 1.165) is 33.5 Å². The van der Waals surface area contributed by atoms with Gasteiger partial charge in [0.25, 0.3) is 0 Å². The van der Waals surface area contributed by atoms with Crippen LogP contribution in [0.4, 0.5) is 0 Å². The first kappa shape index (κ1) is 23.9. The molecule has 0 radical (unpaired) electrons. The number of hydrogen-bond donors (Lipinski definition) is 0. The van der Waals surface area contributed by atoms with Crippen LogP contribution in [0.3, 0.4) is 0 Å². The summed E-state index contributed by atoms with van der Waals surface area (Å²) in [5.74, 6) is 0.677. The number of fused-ring (bicyclic) bond motifs is 1. The Labute approximate surface area is 256 Å². The molecule has 3 heterocycles. The molecule has 10 aromatic rings. The Bertz CT molecular complexity index is 2610. The highest BCUT2D eigenvalue weighted by Crippen LogP contribution is 2.46. The van der Waals surface area contributed by atoms with Crippen LogP contribution in [-0.2, 0) is 0 Å². The molecule has 0 fully saturated rings. The summed E-state index contributed by atoms with van der Waals surface area (Å²) in [6.45, 7) is 0. The zero-order chi connectivity index (χ0) is 28.8. The quantitative estimate of drug-likeness (QED) is 0.209. The Morgan fingerprint density at radius 2 is 1.05 bits per heavy atom. The molecule has 0 unspecified atom stereocenters. The maximum absolute atomic E-state index is 5.37. The Balaban J connectivity index is 1.39. The van der Waals surface area contributed by atoms with E-state index in [9.17, 15) is 0 Å². The van der Waals surface area contributed by atoms with Crippen molar-refractivity contribution in [3.8, 4) is 28.5 Å². The van der Waals surface area contributed by atoms with E-state index in [-0.39, 0.29) is 0 Å². The maximum atomic E-state index is 5.37. The number of hydrogen-bond acceptors (Lipinski definition) is 3. The highest BCUT2D eigenvalue weighted by atomic mass is 32.1. The molecule has 10 rings (SSSR count). The smallest absolute Gasteiger partial charge is 0.235 e. The topological polar surface area (TPSA) is 30.7 Å². The molecular formula is C40H23N3S. The van der Waals surface area contributed by atoms with E-state index in [1.807, 2.05) is 17.4 Å². The van der Waals surface area contributed by atoms with Gasteiger partial charge >= 0.3 is 0 Å². The van der Waals surface area contributed by atoms with Gasteiger partial charge in [-0.3, -0.25) is 4.57 Å². The van der Waals surface area contributed by atoms with E-state index in [0.29, 0.717) is 5.95 Å². The zero-order valence-electron chi connectivity index (χ0n) is 23.5. The van der Waals surface area contributed by atoms with E-state index in [1.54, 1.807) is 0 Å². The number of rotatable bonds is 3. The minimum Gasteiger partial charge on any atom is -0.278 e. The van der Waals surface area contributed by atoms with Crippen LogP contribution in [-0.4, -0.2) is 14.5 Å². The molecular weight excluding hydrogens is 555 g/mol. The second-order valence-electron chi connectivity index (χ2n) is 11.4. The SMILES string of the molecule is c1ccc(-c2cc(-c3cccc4ccccc34)nc(-n3c4ccc5cccc6sc7cccc8ccc3c(c87)c4c56)n2)cc1. The van der Waals surface area contributed by atoms with Gasteiger partial charge in [0.2, 0.25) is 5.95 Å². The molecule has 0 aliphatic carbocycles. The van der Waals surface area contributed by atoms with Crippen molar-refractivity contribution in [2.24, 2.45) is 0 Å². The third kappa shape index (κ3) is 3.31. The predicted molar refractivity (Wildman–Crippen MR) is 186 cm³/mol. The molecule has 0 aliphatic rings. The Morgan fingerprint density at radius 1 is 0.455 bits per heavy atom. The molecule has 0 amide bonds. The van der Waals surface area contributed by atoms with Gasteiger partial charge in [-0.15, -0.1) is 11.3 Å². The van der Waals surface area contributed by atoms with Gasteiger partial charge in [0.1, 0.15) is 0 Å². The van der Waals surface area contributed by atoms with E-state index in [2.05, 4.69) is 138 Å². The molecule has 4 heteroatoms. The van der Waals surface area contributed by atoms with Crippen molar-refractivity contribution < 1.29 is 0 Å².